The third kappa shape index (κ3) is 15.0. The first-order valence-electron chi connectivity index (χ1n) is 13.7. The molecule has 1 fully saturated rings. The Morgan fingerprint density at radius 1 is 0.805 bits per heavy atom. The van der Waals surface area contributed by atoms with E-state index in [9.17, 15) is 24.0 Å². The Morgan fingerprint density at radius 2 is 1.37 bits per heavy atom. The van der Waals surface area contributed by atoms with Gasteiger partial charge in [-0.3, -0.25) is 19.2 Å². The van der Waals surface area contributed by atoms with Crippen LogP contribution in [0.4, 0.5) is 4.79 Å². The minimum Gasteiger partial charge on any atom is -0.463 e. The van der Waals surface area contributed by atoms with E-state index in [2.05, 4.69) is 10.2 Å². The maximum atomic E-state index is 11.9. The molecule has 0 aliphatic carbocycles. The molecule has 1 N–H and O–H groups in total. The summed E-state index contributed by atoms with van der Waals surface area (Å²) in [6, 6.07) is 0. The molecular formula is C27H46N2O12. The minimum atomic E-state index is -1.27. The zero-order valence-corrected chi connectivity index (χ0v) is 25.4. The van der Waals surface area contributed by atoms with Gasteiger partial charge in [0, 0.05) is 40.8 Å². The van der Waals surface area contributed by atoms with Crippen LogP contribution in [-0.2, 0) is 52.3 Å². The Balaban J connectivity index is 2.82. The highest BCUT2D eigenvalue weighted by Gasteiger charge is 2.52. The van der Waals surface area contributed by atoms with E-state index in [1.807, 2.05) is 6.92 Å². The summed E-state index contributed by atoms with van der Waals surface area (Å²) in [5.74, 6) is -2.71. The standard InChI is InChI=1S/C27H46N2O12/c1-9-29(13-10-12-28-26(34)41-27(6,7)8)14-11-15-35-25-24(39-20(5)33)23(38-19(4)32)22(37-18(3)31)21(40-25)16-36-17(2)30/h21-25H,9-16H2,1-8H3,(H,28,34). The Bertz CT molecular complexity index is 875. The zero-order chi connectivity index (χ0) is 31.2. The highest BCUT2D eigenvalue weighted by Crippen LogP contribution is 2.30. The summed E-state index contributed by atoms with van der Waals surface area (Å²) in [6.07, 6.45) is -5.20. The first-order chi connectivity index (χ1) is 19.1. The van der Waals surface area contributed by atoms with E-state index in [1.54, 1.807) is 20.8 Å². The summed E-state index contributed by atoms with van der Waals surface area (Å²) in [4.78, 5) is 61.1. The molecule has 1 rings (SSSR count). The number of hydrogen-bond donors (Lipinski definition) is 1. The number of rotatable bonds is 15. The molecule has 1 saturated heterocycles. The predicted molar refractivity (Wildman–Crippen MR) is 143 cm³/mol. The molecule has 0 aromatic heterocycles. The van der Waals surface area contributed by atoms with E-state index >= 15 is 0 Å². The molecule has 0 radical (unpaired) electrons. The van der Waals surface area contributed by atoms with Gasteiger partial charge in [0.25, 0.3) is 0 Å². The number of alkyl carbamates (subject to hydrolysis) is 1. The molecule has 14 nitrogen and oxygen atoms in total. The van der Waals surface area contributed by atoms with Crippen LogP contribution in [0.3, 0.4) is 0 Å². The van der Waals surface area contributed by atoms with Crippen LogP contribution in [0.25, 0.3) is 0 Å². The van der Waals surface area contributed by atoms with Crippen molar-refractivity contribution >= 4 is 30.0 Å². The SMILES string of the molecule is CCN(CCCNC(=O)OC(C)(C)C)CCCOC1OC(COC(C)=O)C(OC(C)=O)C(OC(C)=O)C1OC(C)=O. The van der Waals surface area contributed by atoms with Crippen LogP contribution in [-0.4, -0.2) is 111 Å². The van der Waals surface area contributed by atoms with Gasteiger partial charge in [-0.25, -0.2) is 4.79 Å². The van der Waals surface area contributed by atoms with Crippen molar-refractivity contribution in [2.24, 2.45) is 0 Å². The summed E-state index contributed by atoms with van der Waals surface area (Å²) in [6.45, 7) is 14.6. The fraction of sp³-hybridized carbons (Fsp3) is 0.815. The summed E-state index contributed by atoms with van der Waals surface area (Å²) in [7, 11) is 0. The lowest BCUT2D eigenvalue weighted by atomic mass is 9.98. The number of carbonyl (C=O) groups excluding carboxylic acids is 5. The Morgan fingerprint density at radius 3 is 1.90 bits per heavy atom. The average molecular weight is 591 g/mol. The molecule has 0 bridgehead atoms. The highest BCUT2D eigenvalue weighted by molar-refractivity contribution is 5.69. The van der Waals surface area contributed by atoms with Crippen molar-refractivity contribution < 1.29 is 57.1 Å². The maximum Gasteiger partial charge on any atom is 0.407 e. The van der Waals surface area contributed by atoms with Gasteiger partial charge in [-0.15, -0.1) is 0 Å². The van der Waals surface area contributed by atoms with Gasteiger partial charge in [-0.1, -0.05) is 6.92 Å². The second kappa shape index (κ2) is 17.8. The van der Waals surface area contributed by atoms with Crippen molar-refractivity contribution in [3.63, 3.8) is 0 Å². The van der Waals surface area contributed by atoms with Crippen molar-refractivity contribution in [2.75, 3.05) is 39.4 Å². The van der Waals surface area contributed by atoms with Gasteiger partial charge in [0.05, 0.1) is 6.61 Å². The van der Waals surface area contributed by atoms with Gasteiger partial charge in [-0.2, -0.15) is 0 Å². The molecular weight excluding hydrogens is 544 g/mol. The molecule has 0 aromatic rings. The van der Waals surface area contributed by atoms with Gasteiger partial charge < -0.3 is 43.4 Å². The lowest BCUT2D eigenvalue weighted by Gasteiger charge is -2.44. The summed E-state index contributed by atoms with van der Waals surface area (Å²) in [5.41, 5.74) is -0.559. The van der Waals surface area contributed by atoms with Gasteiger partial charge >= 0.3 is 30.0 Å². The molecule has 236 valence electrons. The zero-order valence-electron chi connectivity index (χ0n) is 25.4. The van der Waals surface area contributed by atoms with Crippen molar-refractivity contribution in [1.82, 2.24) is 10.2 Å². The fourth-order valence-corrected chi connectivity index (χ4v) is 4.05. The number of carbonyl (C=O) groups is 5. The Kier molecular flexibility index (Phi) is 15.6. The van der Waals surface area contributed by atoms with Crippen LogP contribution in [0.1, 0.15) is 68.2 Å². The number of hydrogen-bond acceptors (Lipinski definition) is 13. The maximum absolute atomic E-state index is 11.9. The molecule has 0 aromatic carbocycles. The molecule has 0 spiro atoms. The van der Waals surface area contributed by atoms with Crippen LogP contribution in [0.2, 0.25) is 0 Å². The Hall–Kier alpha value is -2.97. The summed E-state index contributed by atoms with van der Waals surface area (Å²) in [5, 5.41) is 2.73. The average Bonchev–Trinajstić information content (AvgIpc) is 2.83. The van der Waals surface area contributed by atoms with Crippen molar-refractivity contribution in [3.05, 3.63) is 0 Å². The molecule has 5 unspecified atom stereocenters. The van der Waals surface area contributed by atoms with Gasteiger partial charge in [0.1, 0.15) is 18.3 Å². The quantitative estimate of drug-likeness (QED) is 0.167. The van der Waals surface area contributed by atoms with Gasteiger partial charge in [0.2, 0.25) is 0 Å². The molecule has 1 aliphatic rings. The number of nitrogens with zero attached hydrogens (tertiary/aromatic N) is 1. The molecule has 1 aliphatic heterocycles. The number of amides is 1. The van der Waals surface area contributed by atoms with Gasteiger partial charge in [-0.05, 0) is 46.7 Å². The van der Waals surface area contributed by atoms with Gasteiger partial charge in [0.15, 0.2) is 24.6 Å². The largest absolute Gasteiger partial charge is 0.463 e. The van der Waals surface area contributed by atoms with Crippen LogP contribution in [0.5, 0.6) is 0 Å². The lowest BCUT2D eigenvalue weighted by Crippen LogP contribution is -2.63. The normalized spacial score (nSPS) is 22.4. The second-order valence-electron chi connectivity index (χ2n) is 10.5. The number of ether oxygens (including phenoxy) is 7. The van der Waals surface area contributed by atoms with Crippen molar-refractivity contribution in [3.8, 4) is 0 Å². The van der Waals surface area contributed by atoms with Crippen LogP contribution < -0.4 is 5.32 Å². The third-order valence-corrected chi connectivity index (χ3v) is 5.62. The highest BCUT2D eigenvalue weighted by atomic mass is 16.7. The second-order valence-corrected chi connectivity index (χ2v) is 10.5. The first kappa shape index (κ1) is 36.1. The fourth-order valence-electron chi connectivity index (χ4n) is 4.05. The van der Waals surface area contributed by atoms with E-state index in [1.165, 1.54) is 13.8 Å². The van der Waals surface area contributed by atoms with Crippen LogP contribution >= 0.6 is 0 Å². The smallest absolute Gasteiger partial charge is 0.407 e. The Labute approximate surface area is 241 Å². The minimum absolute atomic E-state index is 0.181. The lowest BCUT2D eigenvalue weighted by molar-refractivity contribution is -0.308. The first-order valence-corrected chi connectivity index (χ1v) is 13.7. The topological polar surface area (TPSA) is 165 Å². The molecule has 14 heteroatoms. The van der Waals surface area contributed by atoms with E-state index in [4.69, 9.17) is 33.2 Å². The van der Waals surface area contributed by atoms with E-state index in [0.717, 1.165) is 26.9 Å². The summed E-state index contributed by atoms with van der Waals surface area (Å²) >= 11 is 0. The van der Waals surface area contributed by atoms with Crippen LogP contribution in [0, 0.1) is 0 Å². The predicted octanol–water partition coefficient (Wildman–Crippen LogP) is 1.71. The molecule has 5 atom stereocenters. The molecule has 1 heterocycles. The van der Waals surface area contributed by atoms with E-state index in [-0.39, 0.29) is 13.2 Å². The van der Waals surface area contributed by atoms with Crippen molar-refractivity contribution in [1.29, 1.82) is 0 Å². The van der Waals surface area contributed by atoms with Crippen LogP contribution in [0.15, 0.2) is 0 Å². The van der Waals surface area contributed by atoms with Crippen molar-refractivity contribution in [2.45, 2.75) is 105 Å². The van der Waals surface area contributed by atoms with E-state index < -0.39 is 66.3 Å². The molecule has 41 heavy (non-hydrogen) atoms. The monoisotopic (exact) mass is 590 g/mol. The third-order valence-electron chi connectivity index (χ3n) is 5.62. The molecule has 1 amide bonds. The summed E-state index contributed by atoms with van der Waals surface area (Å²) < 4.78 is 38.3. The molecule has 0 saturated carbocycles. The number of esters is 4. The van der Waals surface area contributed by atoms with E-state index in [0.29, 0.717) is 25.9 Å². The number of nitrogens with one attached hydrogen (secondary N) is 1.